The maximum atomic E-state index is 10.2. The fraction of sp³-hybridized carbons (Fsp3) is 0. The van der Waals surface area contributed by atoms with E-state index in [0.717, 1.165) is 6.08 Å². The fourth-order valence-corrected chi connectivity index (χ4v) is 1.16. The van der Waals surface area contributed by atoms with Gasteiger partial charge in [0.25, 0.3) is 0 Å². The number of rotatable bonds is 3. The normalized spacial score (nSPS) is 8.00. The van der Waals surface area contributed by atoms with Crippen molar-refractivity contribution in [3.8, 4) is 0 Å². The minimum absolute atomic E-state index is 0. The van der Waals surface area contributed by atoms with Gasteiger partial charge >= 0.3 is 17.9 Å². The van der Waals surface area contributed by atoms with Crippen LogP contribution in [-0.4, -0.2) is 33.2 Å². The Labute approximate surface area is 151 Å². The standard InChI is InChI=1S/2C7H6O2.C3H4O2.Zn/c2*8-7(9)6-4-2-1-3-5-6;1-2-3(4)5;/h2*1-5H,(H,8,9);2H,1H2,(H,4,5);. The Morgan fingerprint density at radius 2 is 0.958 bits per heavy atom. The second-order valence-corrected chi connectivity index (χ2v) is 3.88. The molecule has 2 aromatic rings. The van der Waals surface area contributed by atoms with Crippen LogP contribution in [0, 0.1) is 0 Å². The molecule has 0 saturated heterocycles. The maximum absolute atomic E-state index is 10.2. The maximum Gasteiger partial charge on any atom is 0.335 e. The van der Waals surface area contributed by atoms with Gasteiger partial charge in [0.1, 0.15) is 0 Å². The molecule has 0 radical (unpaired) electrons. The van der Waals surface area contributed by atoms with Gasteiger partial charge in [-0.25, -0.2) is 14.4 Å². The van der Waals surface area contributed by atoms with Crippen LogP contribution < -0.4 is 0 Å². The third kappa shape index (κ3) is 11.8. The second kappa shape index (κ2) is 13.8. The molecule has 0 aliphatic heterocycles. The van der Waals surface area contributed by atoms with Crippen LogP contribution in [0.5, 0.6) is 0 Å². The summed E-state index contributed by atoms with van der Waals surface area (Å²) in [7, 11) is 0. The molecular weight excluding hydrogens is 366 g/mol. The first-order valence-corrected chi connectivity index (χ1v) is 6.30. The van der Waals surface area contributed by atoms with Gasteiger partial charge in [-0.2, -0.15) is 0 Å². The van der Waals surface area contributed by atoms with Crippen molar-refractivity contribution < 1.29 is 49.2 Å². The van der Waals surface area contributed by atoms with Crippen LogP contribution in [0.15, 0.2) is 73.3 Å². The van der Waals surface area contributed by atoms with Gasteiger partial charge < -0.3 is 15.3 Å². The van der Waals surface area contributed by atoms with Crippen LogP contribution in [0.3, 0.4) is 0 Å². The van der Waals surface area contributed by atoms with Crippen molar-refractivity contribution in [1.82, 2.24) is 0 Å². The number of carboxylic acids is 3. The van der Waals surface area contributed by atoms with E-state index in [-0.39, 0.29) is 19.5 Å². The third-order valence-corrected chi connectivity index (χ3v) is 2.22. The molecule has 0 spiro atoms. The van der Waals surface area contributed by atoms with Crippen LogP contribution in [0.25, 0.3) is 0 Å². The molecule has 24 heavy (non-hydrogen) atoms. The van der Waals surface area contributed by atoms with E-state index in [4.69, 9.17) is 15.3 Å². The molecule has 0 bridgehead atoms. The van der Waals surface area contributed by atoms with Crippen molar-refractivity contribution in [1.29, 1.82) is 0 Å². The molecule has 2 aromatic carbocycles. The van der Waals surface area contributed by atoms with E-state index in [0.29, 0.717) is 11.1 Å². The van der Waals surface area contributed by atoms with Gasteiger partial charge in [-0.05, 0) is 24.3 Å². The van der Waals surface area contributed by atoms with Crippen molar-refractivity contribution in [3.05, 3.63) is 84.4 Å². The Bertz CT molecular complexity index is 591. The van der Waals surface area contributed by atoms with Gasteiger partial charge in [0.15, 0.2) is 0 Å². The summed E-state index contributed by atoms with van der Waals surface area (Å²) in [6.45, 7) is 2.96. The first kappa shape index (κ1) is 23.5. The Kier molecular flexibility index (Phi) is 13.5. The minimum Gasteiger partial charge on any atom is -0.478 e. The molecule has 7 heteroatoms. The van der Waals surface area contributed by atoms with Crippen LogP contribution in [0.4, 0.5) is 0 Å². The van der Waals surface area contributed by atoms with Gasteiger partial charge in [0.05, 0.1) is 11.1 Å². The average Bonchev–Trinajstić information content (AvgIpc) is 2.57. The SMILES string of the molecule is C=CC(=O)O.O=C(O)c1ccccc1.O=C(O)c1ccccc1.[Zn]. The summed E-state index contributed by atoms with van der Waals surface area (Å²) in [4.78, 5) is 29.7. The van der Waals surface area contributed by atoms with Crippen molar-refractivity contribution in [2.24, 2.45) is 0 Å². The molecule has 0 aliphatic rings. The van der Waals surface area contributed by atoms with Gasteiger partial charge in [-0.15, -0.1) is 0 Å². The molecule has 0 fully saturated rings. The van der Waals surface area contributed by atoms with E-state index in [1.54, 1.807) is 60.7 Å². The summed E-state index contributed by atoms with van der Waals surface area (Å²) >= 11 is 0. The van der Waals surface area contributed by atoms with Gasteiger partial charge in [-0.1, -0.05) is 43.0 Å². The molecule has 0 saturated carbocycles. The molecule has 122 valence electrons. The van der Waals surface area contributed by atoms with E-state index < -0.39 is 17.9 Å². The van der Waals surface area contributed by atoms with Crippen molar-refractivity contribution in [2.75, 3.05) is 0 Å². The Morgan fingerprint density at radius 3 is 1.08 bits per heavy atom. The quantitative estimate of drug-likeness (QED) is 0.556. The van der Waals surface area contributed by atoms with Gasteiger partial charge in [-0.3, -0.25) is 0 Å². The summed E-state index contributed by atoms with van der Waals surface area (Å²) in [5, 5.41) is 24.4. The number of hydrogen-bond acceptors (Lipinski definition) is 3. The number of hydrogen-bond donors (Lipinski definition) is 3. The molecule has 0 unspecified atom stereocenters. The zero-order valence-corrected chi connectivity index (χ0v) is 15.8. The molecule has 3 N–H and O–H groups in total. The number of benzene rings is 2. The first-order valence-electron chi connectivity index (χ1n) is 6.30. The Hall–Kier alpha value is -2.79. The van der Waals surface area contributed by atoms with Crippen LogP contribution in [0.2, 0.25) is 0 Å². The molecule has 6 nitrogen and oxygen atoms in total. The van der Waals surface area contributed by atoms with Crippen molar-refractivity contribution in [3.63, 3.8) is 0 Å². The van der Waals surface area contributed by atoms with E-state index >= 15 is 0 Å². The topological polar surface area (TPSA) is 112 Å². The van der Waals surface area contributed by atoms with Gasteiger partial charge in [0, 0.05) is 25.6 Å². The van der Waals surface area contributed by atoms with E-state index in [2.05, 4.69) is 6.58 Å². The Balaban J connectivity index is 0. The molecule has 0 heterocycles. The van der Waals surface area contributed by atoms with Crippen LogP contribution in [-0.2, 0) is 24.3 Å². The van der Waals surface area contributed by atoms with Crippen molar-refractivity contribution in [2.45, 2.75) is 0 Å². The zero-order valence-electron chi connectivity index (χ0n) is 12.8. The van der Waals surface area contributed by atoms with E-state index in [9.17, 15) is 14.4 Å². The second-order valence-electron chi connectivity index (χ2n) is 3.88. The molecular formula is C17H16O6Zn. The minimum atomic E-state index is -0.981. The monoisotopic (exact) mass is 380 g/mol. The van der Waals surface area contributed by atoms with Crippen LogP contribution in [0.1, 0.15) is 20.7 Å². The van der Waals surface area contributed by atoms with Crippen LogP contribution >= 0.6 is 0 Å². The summed E-state index contributed by atoms with van der Waals surface area (Å²) in [5.41, 5.74) is 0.662. The van der Waals surface area contributed by atoms with Gasteiger partial charge in [0.2, 0.25) is 0 Å². The van der Waals surface area contributed by atoms with Crippen molar-refractivity contribution >= 4 is 17.9 Å². The summed E-state index contributed by atoms with van der Waals surface area (Å²) < 4.78 is 0. The predicted molar refractivity (Wildman–Crippen MR) is 84.6 cm³/mol. The first-order chi connectivity index (χ1) is 10.9. The van der Waals surface area contributed by atoms with E-state index in [1.807, 2.05) is 0 Å². The zero-order chi connectivity index (χ0) is 17.7. The van der Waals surface area contributed by atoms with E-state index in [1.165, 1.54) is 0 Å². The smallest absolute Gasteiger partial charge is 0.335 e. The summed E-state index contributed by atoms with van der Waals surface area (Å²) in [6.07, 6.45) is 0.833. The predicted octanol–water partition coefficient (Wildman–Crippen LogP) is 3.02. The third-order valence-electron chi connectivity index (χ3n) is 2.22. The molecule has 0 amide bonds. The average molecular weight is 382 g/mol. The number of carboxylic acid groups (broad SMARTS) is 3. The molecule has 0 aliphatic carbocycles. The summed E-state index contributed by atoms with van der Waals surface area (Å²) in [5.74, 6) is -2.74. The molecule has 0 atom stereocenters. The fourth-order valence-electron chi connectivity index (χ4n) is 1.16. The largest absolute Gasteiger partial charge is 0.478 e. The summed E-state index contributed by atoms with van der Waals surface area (Å²) in [6, 6.07) is 16.6. The number of carbonyl (C=O) groups is 3. The number of aromatic carboxylic acids is 2. The number of aliphatic carboxylic acids is 1. The Morgan fingerprint density at radius 1 is 0.708 bits per heavy atom. The molecule has 0 aromatic heterocycles. The molecule has 2 rings (SSSR count).